The molecule has 15 heteroatoms. The van der Waals surface area contributed by atoms with Crippen LogP contribution in [0.25, 0.3) is 45.6 Å². The van der Waals surface area contributed by atoms with E-state index in [-0.39, 0.29) is 29.9 Å². The summed E-state index contributed by atoms with van der Waals surface area (Å²) in [5, 5.41) is 37.3. The van der Waals surface area contributed by atoms with Crippen molar-refractivity contribution in [3.63, 3.8) is 0 Å². The maximum absolute atomic E-state index is 7.00. The van der Waals surface area contributed by atoms with Crippen LogP contribution in [-0.2, 0) is 0 Å². The molecule has 262 valence electrons. The Labute approximate surface area is 312 Å². The summed E-state index contributed by atoms with van der Waals surface area (Å²) in [6, 6.07) is 23.5. The molecule has 0 aliphatic heterocycles. The fraction of sp³-hybridized carbons (Fsp3) is 0.135. The summed E-state index contributed by atoms with van der Waals surface area (Å²) in [5.41, 5.74) is 11.4. The Morgan fingerprint density at radius 2 is 0.615 bits per heavy atom. The summed E-state index contributed by atoms with van der Waals surface area (Å²) < 4.78 is 4.75. The van der Waals surface area contributed by atoms with Gasteiger partial charge in [0, 0.05) is 7.11 Å². The van der Waals surface area contributed by atoms with Gasteiger partial charge in [0.25, 0.3) is 0 Å². The molecule has 13 nitrogen and oxygen atoms in total. The zero-order valence-electron chi connectivity index (χ0n) is 29.1. The van der Waals surface area contributed by atoms with Crippen molar-refractivity contribution >= 4 is 47.8 Å². The van der Waals surface area contributed by atoms with Crippen molar-refractivity contribution in [3.8, 4) is 45.6 Å². The number of nitrogens with one attached hydrogen (secondary N) is 4. The minimum absolute atomic E-state index is 0.0217. The van der Waals surface area contributed by atoms with Crippen molar-refractivity contribution < 1.29 is 5.11 Å². The van der Waals surface area contributed by atoms with Crippen molar-refractivity contribution in [1.82, 2.24) is 60.7 Å². The fourth-order valence-corrected chi connectivity index (χ4v) is 9.68. The molecule has 8 rings (SSSR count). The van der Waals surface area contributed by atoms with Crippen molar-refractivity contribution in [3.05, 3.63) is 120 Å². The molecule has 0 bridgehead atoms. The number of hydrogen-bond donors (Lipinski definition) is 5. The van der Waals surface area contributed by atoms with Crippen molar-refractivity contribution in [2.45, 2.75) is 27.7 Å². The van der Waals surface area contributed by atoms with Gasteiger partial charge in [0.1, 0.15) is 0 Å². The quantitative estimate of drug-likeness (QED) is 0.144. The molecule has 0 aliphatic rings. The number of aryl methyl sites for hydroxylation is 4. The summed E-state index contributed by atoms with van der Waals surface area (Å²) >= 11 is 0.0434. The SMILES string of the molecule is CO.Cc1[nH]nc(-c2ccccn2)c1[Se]c1c(-c2ccccn2)n[nH]c1C.Cc1[nH]nc(-c2ccccn2)c1[Se]c1c(-c2ccccn2)n[nH]c1C. The topological polar surface area (TPSA) is 187 Å². The van der Waals surface area contributed by atoms with E-state index in [0.29, 0.717) is 0 Å². The van der Waals surface area contributed by atoms with Gasteiger partial charge in [-0.1, -0.05) is 0 Å². The number of rotatable bonds is 8. The van der Waals surface area contributed by atoms with Gasteiger partial charge in [0.2, 0.25) is 0 Å². The second-order valence-corrected chi connectivity index (χ2v) is 15.5. The second-order valence-electron chi connectivity index (χ2n) is 11.2. The standard InChI is InChI=1S/2C18H16N6Se.CH4O/c2*1-11-17(15(23-21-11)13-7-3-5-9-19-13)25-18-12(2)22-24-16(18)14-8-4-6-10-20-14;1-2/h2*3-10H,1-2H3,(H,21,23)(H,22,24);2H,1H3. The molecule has 52 heavy (non-hydrogen) atoms. The fourth-order valence-electron chi connectivity index (χ4n) is 5.08. The molecule has 0 saturated heterocycles. The van der Waals surface area contributed by atoms with E-state index in [0.717, 1.165) is 75.4 Å². The molecule has 0 radical (unpaired) electrons. The Kier molecular flexibility index (Phi) is 11.9. The number of hydrogen-bond acceptors (Lipinski definition) is 9. The molecule has 8 heterocycles. The van der Waals surface area contributed by atoms with E-state index in [2.05, 4.69) is 60.7 Å². The molecule has 0 saturated carbocycles. The van der Waals surface area contributed by atoms with Gasteiger partial charge in [-0.25, -0.2) is 0 Å². The molecule has 0 unspecified atom stereocenters. The number of aliphatic hydroxyl groups excluding tert-OH is 1. The van der Waals surface area contributed by atoms with Crippen LogP contribution < -0.4 is 17.8 Å². The average molecular weight is 823 g/mol. The first-order chi connectivity index (χ1) is 25.5. The van der Waals surface area contributed by atoms with Crippen LogP contribution in [0.2, 0.25) is 0 Å². The molecule has 5 N–H and O–H groups in total. The summed E-state index contributed by atoms with van der Waals surface area (Å²) in [4.78, 5) is 17.8. The van der Waals surface area contributed by atoms with Gasteiger partial charge in [-0.3, -0.25) is 0 Å². The van der Waals surface area contributed by atoms with Gasteiger partial charge < -0.3 is 5.11 Å². The monoisotopic (exact) mass is 824 g/mol. The molecular weight excluding hydrogens is 786 g/mol. The van der Waals surface area contributed by atoms with Crippen LogP contribution in [-0.4, -0.2) is 103 Å². The molecule has 8 aromatic heterocycles. The molecule has 0 aliphatic carbocycles. The van der Waals surface area contributed by atoms with Crippen LogP contribution in [0.4, 0.5) is 0 Å². The van der Waals surface area contributed by atoms with E-state index < -0.39 is 0 Å². The number of nitrogens with zero attached hydrogens (tertiary/aromatic N) is 8. The molecule has 0 fully saturated rings. The maximum atomic E-state index is 7.00. The molecular formula is C37H36N12OSe2. The van der Waals surface area contributed by atoms with E-state index >= 15 is 0 Å². The average Bonchev–Trinajstić information content (AvgIpc) is 3.97. The molecule has 0 amide bonds. The normalized spacial score (nSPS) is 10.7. The van der Waals surface area contributed by atoms with E-state index in [1.54, 1.807) is 24.8 Å². The molecule has 8 aromatic rings. The van der Waals surface area contributed by atoms with Crippen molar-refractivity contribution in [2.75, 3.05) is 7.11 Å². The second kappa shape index (κ2) is 17.1. The van der Waals surface area contributed by atoms with Gasteiger partial charge in [-0.15, -0.1) is 0 Å². The van der Waals surface area contributed by atoms with Gasteiger partial charge in [0.05, 0.1) is 0 Å². The van der Waals surface area contributed by atoms with E-state index in [1.807, 2.05) is 100 Å². The van der Waals surface area contributed by atoms with Crippen LogP contribution in [0.1, 0.15) is 22.8 Å². The Bertz CT molecular complexity index is 1990. The Morgan fingerprint density at radius 3 is 0.808 bits per heavy atom. The van der Waals surface area contributed by atoms with Gasteiger partial charge >= 0.3 is 302 Å². The summed E-state index contributed by atoms with van der Waals surface area (Å²) in [6.45, 7) is 8.19. The van der Waals surface area contributed by atoms with Crippen molar-refractivity contribution in [2.24, 2.45) is 0 Å². The predicted molar refractivity (Wildman–Crippen MR) is 204 cm³/mol. The van der Waals surface area contributed by atoms with Crippen LogP contribution in [0.5, 0.6) is 0 Å². The zero-order chi connectivity index (χ0) is 36.5. The third-order valence-electron chi connectivity index (χ3n) is 7.60. The van der Waals surface area contributed by atoms with Gasteiger partial charge in [0.15, 0.2) is 0 Å². The Balaban J connectivity index is 0.000000171. The Morgan fingerprint density at radius 1 is 0.385 bits per heavy atom. The Hall–Kier alpha value is -5.56. The number of H-pyrrole nitrogens is 4. The van der Waals surface area contributed by atoms with Crippen LogP contribution in [0.15, 0.2) is 97.6 Å². The summed E-state index contributed by atoms with van der Waals surface area (Å²) in [5.74, 6) is 0. The minimum atomic E-state index is 0.0217. The first-order valence-corrected chi connectivity index (χ1v) is 19.6. The van der Waals surface area contributed by atoms with Crippen LogP contribution in [0, 0.1) is 27.7 Å². The number of aliphatic hydroxyl groups is 1. The van der Waals surface area contributed by atoms with Crippen LogP contribution in [0.3, 0.4) is 0 Å². The van der Waals surface area contributed by atoms with Crippen LogP contribution >= 0.6 is 0 Å². The van der Waals surface area contributed by atoms with Gasteiger partial charge in [-0.05, 0) is 0 Å². The molecule has 0 atom stereocenters. The summed E-state index contributed by atoms with van der Waals surface area (Å²) in [6.07, 6.45) is 7.16. The van der Waals surface area contributed by atoms with Crippen molar-refractivity contribution in [1.29, 1.82) is 0 Å². The number of aromatic nitrogens is 12. The third-order valence-corrected chi connectivity index (χ3v) is 13.5. The first-order valence-electron chi connectivity index (χ1n) is 16.1. The number of aromatic amines is 4. The molecule has 0 aromatic carbocycles. The first kappa shape index (κ1) is 36.2. The van der Waals surface area contributed by atoms with Gasteiger partial charge in [-0.2, -0.15) is 0 Å². The summed E-state index contributed by atoms with van der Waals surface area (Å²) in [7, 11) is 1.00. The van der Waals surface area contributed by atoms with E-state index in [1.165, 1.54) is 17.8 Å². The zero-order valence-corrected chi connectivity index (χ0v) is 32.5. The molecule has 0 spiro atoms. The predicted octanol–water partition coefficient (Wildman–Crippen LogP) is 2.67. The number of pyridine rings is 4. The van der Waals surface area contributed by atoms with E-state index in [9.17, 15) is 0 Å². The van der Waals surface area contributed by atoms with E-state index in [4.69, 9.17) is 5.11 Å². The third kappa shape index (κ3) is 7.99.